The van der Waals surface area contributed by atoms with E-state index >= 15 is 0 Å². The second-order valence-electron chi connectivity index (χ2n) is 5.91. The Morgan fingerprint density at radius 2 is 1.96 bits per heavy atom. The number of aromatic nitrogens is 3. The highest BCUT2D eigenvalue weighted by Crippen LogP contribution is 2.18. The molecule has 4 rings (SSSR count). The summed E-state index contributed by atoms with van der Waals surface area (Å²) in [4.78, 5) is 34.6. The van der Waals surface area contributed by atoms with E-state index in [9.17, 15) is 9.59 Å². The molecular formula is C18H17N5O2. The van der Waals surface area contributed by atoms with Gasteiger partial charge in [0.1, 0.15) is 11.8 Å². The third kappa shape index (κ3) is 2.96. The summed E-state index contributed by atoms with van der Waals surface area (Å²) in [5.41, 5.74) is 2.82. The number of para-hydroxylation sites is 1. The molecule has 25 heavy (non-hydrogen) atoms. The number of benzene rings is 1. The first kappa shape index (κ1) is 15.3. The van der Waals surface area contributed by atoms with Crippen molar-refractivity contribution in [1.29, 1.82) is 0 Å². The molecule has 2 aromatic heterocycles. The lowest BCUT2D eigenvalue weighted by atomic mass is 10.2. The number of carbonyl (C=O) groups excluding carboxylic acids is 2. The number of hydrogen-bond donors (Lipinski definition) is 1. The minimum Gasteiger partial charge on any atom is -0.354 e. The molecule has 0 spiro atoms. The van der Waals surface area contributed by atoms with Crippen LogP contribution in [-0.2, 0) is 4.79 Å². The van der Waals surface area contributed by atoms with Crippen LogP contribution in [-0.4, -0.2) is 50.9 Å². The van der Waals surface area contributed by atoms with Crippen molar-refractivity contribution in [2.24, 2.45) is 0 Å². The molecule has 7 nitrogen and oxygen atoms in total. The fraction of sp³-hybridized carbons (Fsp3) is 0.222. The van der Waals surface area contributed by atoms with Crippen LogP contribution in [0.3, 0.4) is 0 Å². The molecule has 0 bridgehead atoms. The van der Waals surface area contributed by atoms with Gasteiger partial charge < -0.3 is 10.2 Å². The van der Waals surface area contributed by atoms with E-state index in [1.54, 1.807) is 23.5 Å². The Kier molecular flexibility index (Phi) is 3.89. The van der Waals surface area contributed by atoms with Gasteiger partial charge in [-0.25, -0.2) is 9.97 Å². The van der Waals surface area contributed by atoms with Crippen LogP contribution in [0, 0.1) is 0 Å². The average Bonchev–Trinajstić information content (AvgIpc) is 2.95. The molecule has 1 aromatic carbocycles. The van der Waals surface area contributed by atoms with E-state index in [4.69, 9.17) is 0 Å². The van der Waals surface area contributed by atoms with Crippen LogP contribution in [0.2, 0.25) is 0 Å². The lowest BCUT2D eigenvalue weighted by Crippen LogP contribution is -2.34. The van der Waals surface area contributed by atoms with Gasteiger partial charge in [-0.2, -0.15) is 0 Å². The highest BCUT2D eigenvalue weighted by molar-refractivity contribution is 5.96. The number of nitrogens with one attached hydrogen (secondary N) is 1. The maximum Gasteiger partial charge on any atom is 0.255 e. The van der Waals surface area contributed by atoms with Crippen molar-refractivity contribution in [1.82, 2.24) is 24.8 Å². The highest BCUT2D eigenvalue weighted by Gasteiger charge is 2.21. The van der Waals surface area contributed by atoms with Gasteiger partial charge in [0, 0.05) is 37.9 Å². The Balaban J connectivity index is 1.64. The molecule has 1 N–H and O–H groups in total. The smallest absolute Gasteiger partial charge is 0.255 e. The largest absolute Gasteiger partial charge is 0.354 e. The van der Waals surface area contributed by atoms with Crippen LogP contribution in [0.5, 0.6) is 0 Å². The predicted molar refractivity (Wildman–Crippen MR) is 92.4 cm³/mol. The van der Waals surface area contributed by atoms with Crippen LogP contribution >= 0.6 is 0 Å². The summed E-state index contributed by atoms with van der Waals surface area (Å²) in [6.07, 6.45) is 3.60. The zero-order valence-corrected chi connectivity index (χ0v) is 13.6. The predicted octanol–water partition coefficient (Wildman–Crippen LogP) is 1.38. The number of amides is 2. The van der Waals surface area contributed by atoms with Crippen molar-refractivity contribution in [2.45, 2.75) is 6.42 Å². The zero-order valence-electron chi connectivity index (χ0n) is 13.6. The maximum absolute atomic E-state index is 12.7. The summed E-state index contributed by atoms with van der Waals surface area (Å²) < 4.78 is 1.89. The van der Waals surface area contributed by atoms with E-state index in [2.05, 4.69) is 15.3 Å². The van der Waals surface area contributed by atoms with Crippen LogP contribution in [0.15, 0.2) is 48.9 Å². The Morgan fingerprint density at radius 1 is 1.12 bits per heavy atom. The fourth-order valence-electron chi connectivity index (χ4n) is 2.95. The van der Waals surface area contributed by atoms with Gasteiger partial charge in [-0.15, -0.1) is 0 Å². The third-order valence-electron chi connectivity index (χ3n) is 4.27. The number of fused-ring (bicyclic) bond motifs is 1. The van der Waals surface area contributed by atoms with E-state index < -0.39 is 0 Å². The lowest BCUT2D eigenvalue weighted by Gasteiger charge is -2.19. The molecule has 0 atom stereocenters. The number of rotatable bonds is 2. The van der Waals surface area contributed by atoms with Crippen molar-refractivity contribution >= 4 is 23.0 Å². The number of imidazole rings is 1. The molecule has 1 saturated heterocycles. The standard InChI is InChI=1S/C18H17N5O2/c24-16-6-8-22(9-7-19-16)18(25)13-10-15-17(20-11-13)23(12-21-15)14-4-2-1-3-5-14/h1-5,10-12H,6-9H2,(H,19,24). The van der Waals surface area contributed by atoms with Crippen molar-refractivity contribution < 1.29 is 9.59 Å². The van der Waals surface area contributed by atoms with Crippen LogP contribution in [0.25, 0.3) is 16.9 Å². The topological polar surface area (TPSA) is 80.1 Å². The maximum atomic E-state index is 12.7. The second-order valence-corrected chi connectivity index (χ2v) is 5.91. The van der Waals surface area contributed by atoms with Crippen molar-refractivity contribution in [2.75, 3.05) is 19.6 Å². The van der Waals surface area contributed by atoms with E-state index in [0.717, 1.165) is 5.69 Å². The van der Waals surface area contributed by atoms with Crippen LogP contribution in [0.4, 0.5) is 0 Å². The molecule has 0 radical (unpaired) electrons. The van der Waals surface area contributed by atoms with Gasteiger partial charge in [0.25, 0.3) is 5.91 Å². The molecule has 126 valence electrons. The van der Waals surface area contributed by atoms with E-state index in [0.29, 0.717) is 42.8 Å². The molecule has 0 unspecified atom stereocenters. The van der Waals surface area contributed by atoms with Crippen LogP contribution in [0.1, 0.15) is 16.8 Å². The van der Waals surface area contributed by atoms with Gasteiger partial charge >= 0.3 is 0 Å². The fourth-order valence-corrected chi connectivity index (χ4v) is 2.95. The second kappa shape index (κ2) is 6.35. The first-order chi connectivity index (χ1) is 12.2. The quantitative estimate of drug-likeness (QED) is 0.767. The van der Waals surface area contributed by atoms with Crippen molar-refractivity contribution in [3.8, 4) is 5.69 Å². The molecule has 1 aliphatic rings. The minimum absolute atomic E-state index is 0.0227. The van der Waals surface area contributed by atoms with Gasteiger partial charge in [0.2, 0.25) is 5.91 Å². The number of carbonyl (C=O) groups is 2. The first-order valence-corrected chi connectivity index (χ1v) is 8.17. The summed E-state index contributed by atoms with van der Waals surface area (Å²) in [7, 11) is 0. The molecule has 0 saturated carbocycles. The van der Waals surface area contributed by atoms with E-state index in [-0.39, 0.29) is 11.8 Å². The third-order valence-corrected chi connectivity index (χ3v) is 4.27. The molecule has 0 aliphatic carbocycles. The number of hydrogen-bond acceptors (Lipinski definition) is 4. The highest BCUT2D eigenvalue weighted by atomic mass is 16.2. The van der Waals surface area contributed by atoms with Crippen molar-refractivity contribution in [3.05, 3.63) is 54.5 Å². The normalized spacial score (nSPS) is 15.0. The monoisotopic (exact) mass is 335 g/mol. The Hall–Kier alpha value is -3.22. The van der Waals surface area contributed by atoms with Gasteiger partial charge in [0.05, 0.1) is 5.56 Å². The summed E-state index contributed by atoms with van der Waals surface area (Å²) in [6, 6.07) is 11.6. The summed E-state index contributed by atoms with van der Waals surface area (Å²) in [6.45, 7) is 1.39. The summed E-state index contributed by atoms with van der Waals surface area (Å²) in [5.74, 6) is -0.148. The minimum atomic E-state index is -0.125. The molecule has 1 fully saturated rings. The van der Waals surface area contributed by atoms with Gasteiger partial charge in [-0.05, 0) is 18.2 Å². The number of pyridine rings is 1. The van der Waals surface area contributed by atoms with E-state index in [1.807, 2.05) is 34.9 Å². The molecule has 2 amide bonds. The molecule has 7 heteroatoms. The van der Waals surface area contributed by atoms with E-state index in [1.165, 1.54) is 0 Å². The van der Waals surface area contributed by atoms with Crippen molar-refractivity contribution in [3.63, 3.8) is 0 Å². The van der Waals surface area contributed by atoms with Gasteiger partial charge in [-0.1, -0.05) is 18.2 Å². The first-order valence-electron chi connectivity index (χ1n) is 8.17. The lowest BCUT2D eigenvalue weighted by molar-refractivity contribution is -0.120. The Morgan fingerprint density at radius 3 is 2.80 bits per heavy atom. The molecule has 1 aliphatic heterocycles. The summed E-state index contributed by atoms with van der Waals surface area (Å²) in [5, 5.41) is 2.77. The number of nitrogens with zero attached hydrogens (tertiary/aromatic N) is 4. The SMILES string of the molecule is O=C1CCN(C(=O)c2cnc3c(c2)ncn3-c2ccccc2)CCN1. The molecule has 3 heterocycles. The average molecular weight is 335 g/mol. The zero-order chi connectivity index (χ0) is 17.2. The van der Waals surface area contributed by atoms with Crippen LogP contribution < -0.4 is 5.32 Å². The van der Waals surface area contributed by atoms with Gasteiger partial charge in [-0.3, -0.25) is 14.2 Å². The van der Waals surface area contributed by atoms with Gasteiger partial charge in [0.15, 0.2) is 5.65 Å². The Labute approximate surface area is 144 Å². The molecule has 3 aromatic rings. The Bertz CT molecular complexity index is 935. The molecular weight excluding hydrogens is 318 g/mol. The summed E-state index contributed by atoms with van der Waals surface area (Å²) >= 11 is 0.